The number of hydrogen-bond acceptors (Lipinski definition) is 2. The third-order valence-corrected chi connectivity index (χ3v) is 3.65. The Morgan fingerprint density at radius 3 is 1.70 bits per heavy atom. The first kappa shape index (κ1) is 10.2. The minimum atomic E-state index is -3.60. The van der Waals surface area contributed by atoms with Crippen LogP contribution in [0.2, 0.25) is 0 Å². The van der Waals surface area contributed by atoms with Crippen LogP contribution >= 0.6 is 11.6 Å². The molecule has 0 rings (SSSR count). The summed E-state index contributed by atoms with van der Waals surface area (Å²) in [5.41, 5.74) is -0.505. The highest BCUT2D eigenvalue weighted by Gasteiger charge is 2.31. The molecule has 0 fully saturated rings. The summed E-state index contributed by atoms with van der Waals surface area (Å²) in [6, 6.07) is 0. The predicted molar refractivity (Wildman–Crippen MR) is 42.2 cm³/mol. The fraction of sp³-hybridized carbons (Fsp3) is 1.00. The van der Waals surface area contributed by atoms with Crippen LogP contribution < -0.4 is 5.14 Å². The summed E-state index contributed by atoms with van der Waals surface area (Å²) in [6.45, 7) is 5.15. The fourth-order valence-electron chi connectivity index (χ4n) is 0.493. The molecule has 1 unspecified atom stereocenters. The van der Waals surface area contributed by atoms with Gasteiger partial charge >= 0.3 is 0 Å². The zero-order valence-electron chi connectivity index (χ0n) is 6.26. The van der Waals surface area contributed by atoms with E-state index >= 15 is 0 Å². The highest BCUT2D eigenvalue weighted by atomic mass is 35.5. The van der Waals surface area contributed by atoms with Gasteiger partial charge in [0.2, 0.25) is 10.0 Å². The van der Waals surface area contributed by atoms with Crippen LogP contribution in [0.5, 0.6) is 0 Å². The second kappa shape index (κ2) is 2.68. The number of primary sulfonamides is 1. The monoisotopic (exact) mass is 185 g/mol. The van der Waals surface area contributed by atoms with Crippen LogP contribution in [0.3, 0.4) is 0 Å². The standard InChI is InChI=1S/C5H12ClNO2S/c1-5(2,3)4(6)10(7,8)9/h4H,1-3H3,(H2,7,8,9). The quantitative estimate of drug-likeness (QED) is 0.617. The van der Waals surface area contributed by atoms with Crippen LogP contribution in [0.1, 0.15) is 20.8 Å². The van der Waals surface area contributed by atoms with Crippen LogP contribution in [0.15, 0.2) is 0 Å². The zero-order valence-corrected chi connectivity index (χ0v) is 7.83. The van der Waals surface area contributed by atoms with E-state index in [9.17, 15) is 8.42 Å². The van der Waals surface area contributed by atoms with Crippen molar-refractivity contribution in [2.45, 2.75) is 25.5 Å². The number of nitrogens with two attached hydrogens (primary N) is 1. The first-order chi connectivity index (χ1) is 4.15. The molecule has 0 radical (unpaired) electrons. The summed E-state index contributed by atoms with van der Waals surface area (Å²) in [5.74, 6) is 0. The molecule has 5 heteroatoms. The van der Waals surface area contributed by atoms with E-state index < -0.39 is 20.1 Å². The van der Waals surface area contributed by atoms with E-state index in [0.717, 1.165) is 0 Å². The Hall–Kier alpha value is 0.200. The van der Waals surface area contributed by atoms with Gasteiger partial charge in [0, 0.05) is 0 Å². The highest BCUT2D eigenvalue weighted by Crippen LogP contribution is 2.26. The molecular formula is C5H12ClNO2S. The largest absolute Gasteiger partial charge is 0.227 e. The number of hydrogen-bond donors (Lipinski definition) is 1. The second-order valence-corrected chi connectivity index (χ2v) is 5.62. The van der Waals surface area contributed by atoms with Crippen molar-refractivity contribution in [1.29, 1.82) is 0 Å². The van der Waals surface area contributed by atoms with Gasteiger partial charge in [-0.3, -0.25) is 0 Å². The molecule has 0 spiro atoms. The summed E-state index contributed by atoms with van der Waals surface area (Å²) >= 11 is 5.52. The SMILES string of the molecule is CC(C)(C)C(Cl)S(N)(=O)=O. The first-order valence-electron chi connectivity index (χ1n) is 2.81. The molecular weight excluding hydrogens is 174 g/mol. The van der Waals surface area contributed by atoms with Crippen molar-refractivity contribution in [3.63, 3.8) is 0 Å². The molecule has 0 heterocycles. The average molecular weight is 186 g/mol. The summed E-state index contributed by atoms with van der Waals surface area (Å²) in [5, 5.41) is 4.81. The van der Waals surface area contributed by atoms with E-state index in [4.69, 9.17) is 16.7 Å². The number of alkyl halides is 1. The lowest BCUT2D eigenvalue weighted by Gasteiger charge is -2.22. The molecule has 0 saturated heterocycles. The molecule has 10 heavy (non-hydrogen) atoms. The van der Waals surface area contributed by atoms with Gasteiger partial charge in [0.15, 0.2) is 4.71 Å². The summed E-state index contributed by atoms with van der Waals surface area (Å²) in [7, 11) is -3.60. The topological polar surface area (TPSA) is 60.2 Å². The van der Waals surface area contributed by atoms with Gasteiger partial charge < -0.3 is 0 Å². The molecule has 0 saturated carbocycles. The van der Waals surface area contributed by atoms with Crippen molar-refractivity contribution < 1.29 is 8.42 Å². The van der Waals surface area contributed by atoms with E-state index in [1.54, 1.807) is 20.8 Å². The zero-order chi connectivity index (χ0) is 8.58. The maximum atomic E-state index is 10.6. The lowest BCUT2D eigenvalue weighted by atomic mass is 10.0. The lowest BCUT2D eigenvalue weighted by molar-refractivity contribution is 0.436. The minimum Gasteiger partial charge on any atom is -0.227 e. The van der Waals surface area contributed by atoms with Crippen molar-refractivity contribution in [1.82, 2.24) is 0 Å². The molecule has 0 aliphatic carbocycles. The summed E-state index contributed by atoms with van der Waals surface area (Å²) < 4.78 is 20.2. The molecule has 0 aromatic heterocycles. The van der Waals surface area contributed by atoms with E-state index in [-0.39, 0.29) is 0 Å². The van der Waals surface area contributed by atoms with E-state index in [1.165, 1.54) is 0 Å². The molecule has 3 nitrogen and oxygen atoms in total. The van der Waals surface area contributed by atoms with Crippen LogP contribution in [0.4, 0.5) is 0 Å². The molecule has 2 N–H and O–H groups in total. The third-order valence-electron chi connectivity index (χ3n) is 0.969. The van der Waals surface area contributed by atoms with Gasteiger partial charge in [0.1, 0.15) is 0 Å². The number of halogens is 1. The van der Waals surface area contributed by atoms with Gasteiger partial charge in [-0.25, -0.2) is 13.6 Å². The van der Waals surface area contributed by atoms with Crippen LogP contribution in [-0.2, 0) is 10.0 Å². The Kier molecular flexibility index (Phi) is 2.73. The smallest absolute Gasteiger partial charge is 0.226 e. The molecule has 0 amide bonds. The number of sulfonamides is 1. The van der Waals surface area contributed by atoms with Crippen molar-refractivity contribution in [2.75, 3.05) is 0 Å². The Morgan fingerprint density at radius 2 is 1.70 bits per heavy atom. The first-order valence-corrected chi connectivity index (χ1v) is 4.86. The second-order valence-electron chi connectivity index (χ2n) is 3.27. The minimum absolute atomic E-state index is 0.505. The highest BCUT2D eigenvalue weighted by molar-refractivity contribution is 7.91. The third kappa shape index (κ3) is 2.86. The van der Waals surface area contributed by atoms with E-state index in [2.05, 4.69) is 0 Å². The molecule has 1 atom stereocenters. The maximum absolute atomic E-state index is 10.6. The molecule has 62 valence electrons. The van der Waals surface area contributed by atoms with Crippen molar-refractivity contribution in [2.24, 2.45) is 10.6 Å². The molecule has 0 aromatic carbocycles. The van der Waals surface area contributed by atoms with Gasteiger partial charge in [-0.1, -0.05) is 20.8 Å². The Morgan fingerprint density at radius 1 is 1.40 bits per heavy atom. The van der Waals surface area contributed by atoms with Gasteiger partial charge in [-0.05, 0) is 5.41 Å². The molecule has 0 bridgehead atoms. The fourth-order valence-corrected chi connectivity index (χ4v) is 1.48. The molecule has 0 aromatic rings. The molecule has 0 aliphatic rings. The van der Waals surface area contributed by atoms with Crippen molar-refractivity contribution in [3.8, 4) is 0 Å². The summed E-state index contributed by atoms with van der Waals surface area (Å²) in [6.07, 6.45) is 0. The predicted octanol–water partition coefficient (Wildman–Crippen LogP) is 0.886. The Balaban J connectivity index is 4.56. The van der Waals surface area contributed by atoms with Gasteiger partial charge in [0.25, 0.3) is 0 Å². The van der Waals surface area contributed by atoms with E-state index in [0.29, 0.717) is 0 Å². The van der Waals surface area contributed by atoms with Crippen LogP contribution in [-0.4, -0.2) is 13.1 Å². The Bertz CT molecular complexity index is 204. The van der Waals surface area contributed by atoms with Gasteiger partial charge in [-0.2, -0.15) is 0 Å². The Labute approximate surface area is 66.6 Å². The normalized spacial score (nSPS) is 16.9. The molecule has 0 aliphatic heterocycles. The summed E-state index contributed by atoms with van der Waals surface area (Å²) in [4.78, 5) is 0. The number of rotatable bonds is 1. The van der Waals surface area contributed by atoms with Gasteiger partial charge in [0.05, 0.1) is 0 Å². The van der Waals surface area contributed by atoms with Crippen LogP contribution in [0, 0.1) is 5.41 Å². The van der Waals surface area contributed by atoms with Crippen LogP contribution in [0.25, 0.3) is 0 Å². The van der Waals surface area contributed by atoms with Crippen molar-refractivity contribution >= 4 is 21.6 Å². The van der Waals surface area contributed by atoms with Gasteiger partial charge in [-0.15, -0.1) is 11.6 Å². The lowest BCUT2D eigenvalue weighted by Crippen LogP contribution is -2.34. The maximum Gasteiger partial charge on any atom is 0.226 e. The average Bonchev–Trinajstić information content (AvgIpc) is 1.59. The van der Waals surface area contributed by atoms with Crippen molar-refractivity contribution in [3.05, 3.63) is 0 Å². The van der Waals surface area contributed by atoms with E-state index in [1.807, 2.05) is 0 Å².